The van der Waals surface area contributed by atoms with Gasteiger partial charge in [-0.15, -0.1) is 0 Å². The molecule has 0 atom stereocenters. The predicted octanol–water partition coefficient (Wildman–Crippen LogP) is 2.69. The normalized spacial score (nSPS) is 11.1. The molecule has 0 aliphatic carbocycles. The molecule has 6 nitrogen and oxygen atoms in total. The van der Waals surface area contributed by atoms with Gasteiger partial charge in [0.25, 0.3) is 5.56 Å². The Bertz CT molecular complexity index is 984. The van der Waals surface area contributed by atoms with Crippen LogP contribution in [0.3, 0.4) is 0 Å². The summed E-state index contributed by atoms with van der Waals surface area (Å²) in [6, 6.07) is 5.31. The highest BCUT2D eigenvalue weighted by atomic mass is 35.5. The molecule has 7 heteroatoms. The minimum Gasteiger partial charge on any atom is -0.494 e. The van der Waals surface area contributed by atoms with E-state index in [1.165, 1.54) is 4.57 Å². The van der Waals surface area contributed by atoms with E-state index in [2.05, 4.69) is 4.98 Å². The number of aromatic amines is 1. The molecular weight excluding hydrogens is 320 g/mol. The maximum absolute atomic E-state index is 12.5. The number of nitrogens with one attached hydrogen (secondary N) is 1. The molecule has 0 saturated heterocycles. The third-order valence-corrected chi connectivity index (χ3v) is 3.87. The smallest absolute Gasteiger partial charge is 0.417 e. The van der Waals surface area contributed by atoms with Crippen molar-refractivity contribution < 1.29 is 9.15 Å². The molecule has 3 aromatic rings. The Morgan fingerprint density at radius 2 is 2.13 bits per heavy atom. The zero-order chi connectivity index (χ0) is 16.6. The Morgan fingerprint density at radius 3 is 2.87 bits per heavy atom. The Hall–Kier alpha value is -2.47. The van der Waals surface area contributed by atoms with Crippen LogP contribution in [0.15, 0.2) is 38.4 Å². The van der Waals surface area contributed by atoms with Crippen LogP contribution in [-0.2, 0) is 6.54 Å². The lowest BCUT2D eigenvalue weighted by Crippen LogP contribution is -2.21. The van der Waals surface area contributed by atoms with Crippen LogP contribution in [-0.4, -0.2) is 16.2 Å². The van der Waals surface area contributed by atoms with Gasteiger partial charge in [0.15, 0.2) is 11.1 Å². The van der Waals surface area contributed by atoms with Crippen LogP contribution in [0.2, 0.25) is 5.02 Å². The van der Waals surface area contributed by atoms with Crippen LogP contribution in [0.1, 0.15) is 18.1 Å². The summed E-state index contributed by atoms with van der Waals surface area (Å²) in [7, 11) is 0. The number of aryl methyl sites for hydroxylation is 1. The Kier molecular flexibility index (Phi) is 4.00. The number of ether oxygens (including phenoxy) is 1. The fourth-order valence-electron chi connectivity index (χ4n) is 2.48. The van der Waals surface area contributed by atoms with Crippen LogP contribution in [0.5, 0.6) is 5.75 Å². The first-order valence-corrected chi connectivity index (χ1v) is 7.51. The van der Waals surface area contributed by atoms with E-state index in [4.69, 9.17) is 20.8 Å². The van der Waals surface area contributed by atoms with E-state index in [9.17, 15) is 9.59 Å². The lowest BCUT2D eigenvalue weighted by Gasteiger charge is -2.11. The quantitative estimate of drug-likeness (QED) is 0.795. The van der Waals surface area contributed by atoms with Gasteiger partial charge < -0.3 is 13.7 Å². The number of hydrogen-bond acceptors (Lipinski definition) is 4. The van der Waals surface area contributed by atoms with E-state index >= 15 is 0 Å². The SMILES string of the molecule is CCOc1ccc(Cl)c(Cn2cc(C)c3oc(=O)[nH]c3c2=O)c1. The van der Waals surface area contributed by atoms with E-state index in [-0.39, 0.29) is 23.2 Å². The molecule has 23 heavy (non-hydrogen) atoms. The predicted molar refractivity (Wildman–Crippen MR) is 87.6 cm³/mol. The topological polar surface area (TPSA) is 77.2 Å². The van der Waals surface area contributed by atoms with Crippen molar-refractivity contribution in [2.45, 2.75) is 20.4 Å². The minimum absolute atomic E-state index is 0.159. The molecule has 0 aliphatic rings. The summed E-state index contributed by atoms with van der Waals surface area (Å²) >= 11 is 6.21. The van der Waals surface area contributed by atoms with Crippen molar-refractivity contribution >= 4 is 22.7 Å². The number of pyridine rings is 1. The Morgan fingerprint density at radius 1 is 1.35 bits per heavy atom. The van der Waals surface area contributed by atoms with E-state index in [1.54, 1.807) is 31.3 Å². The molecule has 0 fully saturated rings. The van der Waals surface area contributed by atoms with Crippen LogP contribution >= 0.6 is 11.6 Å². The van der Waals surface area contributed by atoms with Crippen molar-refractivity contribution in [2.24, 2.45) is 0 Å². The molecule has 0 spiro atoms. The third kappa shape index (κ3) is 2.90. The number of oxazole rings is 1. The van der Waals surface area contributed by atoms with E-state index < -0.39 is 5.76 Å². The second-order valence-corrected chi connectivity index (χ2v) is 5.56. The molecule has 0 radical (unpaired) electrons. The molecular formula is C16H15ClN2O4. The fraction of sp³-hybridized carbons (Fsp3) is 0.250. The minimum atomic E-state index is -0.644. The van der Waals surface area contributed by atoms with Crippen molar-refractivity contribution in [3.05, 3.63) is 61.4 Å². The van der Waals surface area contributed by atoms with Crippen molar-refractivity contribution in [3.8, 4) is 5.75 Å². The first-order valence-electron chi connectivity index (χ1n) is 7.13. The standard InChI is InChI=1S/C16H15ClN2O4/c1-3-22-11-4-5-12(17)10(6-11)8-19-7-9(2)14-13(15(19)20)18-16(21)23-14/h4-7H,3,8H2,1-2H3,(H,18,21). The highest BCUT2D eigenvalue weighted by molar-refractivity contribution is 6.31. The molecule has 0 amide bonds. The van der Waals surface area contributed by atoms with Gasteiger partial charge >= 0.3 is 5.76 Å². The van der Waals surface area contributed by atoms with Gasteiger partial charge in [-0.2, -0.15) is 0 Å². The fourth-order valence-corrected chi connectivity index (χ4v) is 2.66. The molecule has 0 unspecified atom stereocenters. The average Bonchev–Trinajstić information content (AvgIpc) is 2.91. The third-order valence-electron chi connectivity index (χ3n) is 3.50. The molecule has 120 valence electrons. The Labute approximate surface area is 136 Å². The van der Waals surface area contributed by atoms with Gasteiger partial charge in [0.05, 0.1) is 13.2 Å². The Balaban J connectivity index is 2.08. The molecule has 0 saturated carbocycles. The first kappa shape index (κ1) is 15.4. The maximum Gasteiger partial charge on any atom is 0.417 e. The van der Waals surface area contributed by atoms with Gasteiger partial charge in [-0.25, -0.2) is 4.79 Å². The monoisotopic (exact) mass is 334 g/mol. The summed E-state index contributed by atoms with van der Waals surface area (Å²) in [5.74, 6) is 0.0452. The number of nitrogens with zero attached hydrogens (tertiary/aromatic N) is 1. The van der Waals surface area contributed by atoms with Gasteiger partial charge in [-0.05, 0) is 37.6 Å². The summed E-state index contributed by atoms with van der Waals surface area (Å²) in [5.41, 5.74) is 1.55. The van der Waals surface area contributed by atoms with Crippen molar-refractivity contribution in [1.29, 1.82) is 0 Å². The highest BCUT2D eigenvalue weighted by Crippen LogP contribution is 2.23. The van der Waals surface area contributed by atoms with Gasteiger partial charge in [-0.3, -0.25) is 9.78 Å². The molecule has 3 rings (SSSR count). The summed E-state index contributed by atoms with van der Waals surface area (Å²) in [4.78, 5) is 26.2. The van der Waals surface area contributed by atoms with Crippen LogP contribution in [0, 0.1) is 6.92 Å². The average molecular weight is 335 g/mol. The van der Waals surface area contributed by atoms with Gasteiger partial charge in [-0.1, -0.05) is 11.6 Å². The zero-order valence-corrected chi connectivity index (χ0v) is 13.4. The lowest BCUT2D eigenvalue weighted by molar-refractivity contribution is 0.340. The largest absolute Gasteiger partial charge is 0.494 e. The highest BCUT2D eigenvalue weighted by Gasteiger charge is 2.13. The van der Waals surface area contributed by atoms with E-state index in [1.807, 2.05) is 6.92 Å². The number of fused-ring (bicyclic) bond motifs is 1. The van der Waals surface area contributed by atoms with Crippen LogP contribution in [0.25, 0.3) is 11.1 Å². The second kappa shape index (κ2) is 5.96. The van der Waals surface area contributed by atoms with Crippen molar-refractivity contribution in [1.82, 2.24) is 9.55 Å². The van der Waals surface area contributed by atoms with E-state index in [0.29, 0.717) is 22.9 Å². The summed E-state index contributed by atoms with van der Waals surface area (Å²) in [6.07, 6.45) is 1.64. The molecule has 2 heterocycles. The second-order valence-electron chi connectivity index (χ2n) is 5.15. The number of H-pyrrole nitrogens is 1. The van der Waals surface area contributed by atoms with Gasteiger partial charge in [0.1, 0.15) is 5.75 Å². The zero-order valence-electron chi connectivity index (χ0n) is 12.7. The molecule has 2 aromatic heterocycles. The number of hydrogen-bond donors (Lipinski definition) is 1. The lowest BCUT2D eigenvalue weighted by atomic mass is 10.2. The first-order chi connectivity index (χ1) is 11.0. The van der Waals surface area contributed by atoms with Gasteiger partial charge in [0, 0.05) is 16.8 Å². The van der Waals surface area contributed by atoms with E-state index in [0.717, 1.165) is 5.56 Å². The van der Waals surface area contributed by atoms with Crippen LogP contribution < -0.4 is 16.1 Å². The molecule has 0 aliphatic heterocycles. The molecule has 0 bridgehead atoms. The molecule has 1 N–H and O–H groups in total. The van der Waals surface area contributed by atoms with Crippen molar-refractivity contribution in [3.63, 3.8) is 0 Å². The number of aromatic nitrogens is 2. The van der Waals surface area contributed by atoms with Gasteiger partial charge in [0.2, 0.25) is 0 Å². The summed E-state index contributed by atoms with van der Waals surface area (Å²) in [6.45, 7) is 4.48. The maximum atomic E-state index is 12.5. The van der Waals surface area contributed by atoms with Crippen LogP contribution in [0.4, 0.5) is 0 Å². The molecule has 1 aromatic carbocycles. The number of halogens is 1. The summed E-state index contributed by atoms with van der Waals surface area (Å²) in [5, 5.41) is 0.541. The number of rotatable bonds is 4. The number of benzene rings is 1. The van der Waals surface area contributed by atoms with Crippen molar-refractivity contribution in [2.75, 3.05) is 6.61 Å². The summed E-state index contributed by atoms with van der Waals surface area (Å²) < 4.78 is 11.9.